The highest BCUT2D eigenvalue weighted by molar-refractivity contribution is 4.71. The van der Waals surface area contributed by atoms with E-state index in [9.17, 15) is 0 Å². The number of unbranched alkanes of at least 4 members (excludes halogenated alkanes) is 2. The van der Waals surface area contributed by atoms with Crippen LogP contribution in [0.1, 0.15) is 32.6 Å². The summed E-state index contributed by atoms with van der Waals surface area (Å²) in [5.41, 5.74) is 5.52. The van der Waals surface area contributed by atoms with Gasteiger partial charge >= 0.3 is 0 Å². The molecule has 1 heterocycles. The van der Waals surface area contributed by atoms with Gasteiger partial charge in [-0.1, -0.05) is 13.3 Å². The number of nitrogens with zero attached hydrogens (tertiary/aromatic N) is 2. The van der Waals surface area contributed by atoms with Gasteiger partial charge in [0.15, 0.2) is 0 Å². The summed E-state index contributed by atoms with van der Waals surface area (Å²) in [4.78, 5) is 5.08. The van der Waals surface area contributed by atoms with Crippen molar-refractivity contribution in [2.45, 2.75) is 32.6 Å². The molecule has 0 atom stereocenters. The average molecular weight is 257 g/mol. The number of hydrogen-bond donors (Lipinski definition) is 1. The predicted octanol–water partition coefficient (Wildman–Crippen LogP) is 1.16. The third-order valence-electron chi connectivity index (χ3n) is 3.59. The molecule has 18 heavy (non-hydrogen) atoms. The molecule has 4 heteroatoms. The lowest BCUT2D eigenvalue weighted by molar-refractivity contribution is 0.0741. The van der Waals surface area contributed by atoms with Crippen LogP contribution in [0.5, 0.6) is 0 Å². The number of rotatable bonds is 10. The number of piperazine rings is 1. The van der Waals surface area contributed by atoms with E-state index in [-0.39, 0.29) is 0 Å². The zero-order valence-electron chi connectivity index (χ0n) is 12.1. The summed E-state index contributed by atoms with van der Waals surface area (Å²) in [5, 5.41) is 0. The van der Waals surface area contributed by atoms with Gasteiger partial charge in [-0.2, -0.15) is 0 Å². The normalized spacial score (nSPS) is 18.3. The summed E-state index contributed by atoms with van der Waals surface area (Å²) >= 11 is 0. The first-order chi connectivity index (χ1) is 8.86. The fraction of sp³-hybridized carbons (Fsp3) is 1.00. The smallest absolute Gasteiger partial charge is 0.0593 e. The van der Waals surface area contributed by atoms with Gasteiger partial charge in [-0.05, 0) is 32.4 Å². The van der Waals surface area contributed by atoms with E-state index in [1.54, 1.807) is 0 Å². The fourth-order valence-electron chi connectivity index (χ4n) is 2.26. The van der Waals surface area contributed by atoms with Gasteiger partial charge in [0.25, 0.3) is 0 Å². The summed E-state index contributed by atoms with van der Waals surface area (Å²) in [7, 11) is 0. The van der Waals surface area contributed by atoms with Crippen molar-refractivity contribution in [2.24, 2.45) is 5.73 Å². The van der Waals surface area contributed by atoms with Crippen LogP contribution in [0.3, 0.4) is 0 Å². The molecule has 1 aliphatic rings. The SMILES string of the molecule is CCCCOCCN1CCN(CCCCN)CC1. The van der Waals surface area contributed by atoms with Crippen LogP contribution in [-0.4, -0.2) is 68.8 Å². The molecule has 4 nitrogen and oxygen atoms in total. The van der Waals surface area contributed by atoms with Crippen molar-refractivity contribution in [3.63, 3.8) is 0 Å². The van der Waals surface area contributed by atoms with Crippen molar-refractivity contribution >= 4 is 0 Å². The molecular formula is C14H31N3O. The average Bonchev–Trinajstić information content (AvgIpc) is 2.40. The summed E-state index contributed by atoms with van der Waals surface area (Å²) < 4.78 is 5.61. The van der Waals surface area contributed by atoms with Gasteiger partial charge in [0, 0.05) is 39.3 Å². The van der Waals surface area contributed by atoms with E-state index in [1.807, 2.05) is 0 Å². The van der Waals surface area contributed by atoms with Gasteiger partial charge in [0.2, 0.25) is 0 Å². The Morgan fingerprint density at radius 1 is 0.889 bits per heavy atom. The molecule has 0 spiro atoms. The maximum Gasteiger partial charge on any atom is 0.0593 e. The Balaban J connectivity index is 1.94. The van der Waals surface area contributed by atoms with Crippen LogP contribution < -0.4 is 5.73 Å². The van der Waals surface area contributed by atoms with E-state index in [0.29, 0.717) is 0 Å². The minimum Gasteiger partial charge on any atom is -0.380 e. The molecule has 0 radical (unpaired) electrons. The van der Waals surface area contributed by atoms with Crippen molar-refractivity contribution in [3.8, 4) is 0 Å². The summed E-state index contributed by atoms with van der Waals surface area (Å²) in [6.45, 7) is 12.0. The zero-order valence-corrected chi connectivity index (χ0v) is 12.1. The van der Waals surface area contributed by atoms with E-state index >= 15 is 0 Å². The van der Waals surface area contributed by atoms with Crippen LogP contribution in [0.2, 0.25) is 0 Å². The topological polar surface area (TPSA) is 41.7 Å². The minimum atomic E-state index is 0.828. The molecule has 0 amide bonds. The van der Waals surface area contributed by atoms with Gasteiger partial charge in [-0.15, -0.1) is 0 Å². The summed E-state index contributed by atoms with van der Waals surface area (Å²) in [6, 6.07) is 0. The van der Waals surface area contributed by atoms with E-state index in [1.165, 1.54) is 52.0 Å². The lowest BCUT2D eigenvalue weighted by Gasteiger charge is -2.34. The predicted molar refractivity (Wildman–Crippen MR) is 76.9 cm³/mol. The molecule has 0 saturated carbocycles. The quantitative estimate of drug-likeness (QED) is 0.596. The lowest BCUT2D eigenvalue weighted by atomic mass is 10.2. The van der Waals surface area contributed by atoms with Gasteiger partial charge in [-0.3, -0.25) is 4.90 Å². The molecule has 0 bridgehead atoms. The minimum absolute atomic E-state index is 0.828. The zero-order chi connectivity index (χ0) is 13.1. The van der Waals surface area contributed by atoms with Gasteiger partial charge < -0.3 is 15.4 Å². The fourth-order valence-corrected chi connectivity index (χ4v) is 2.26. The van der Waals surface area contributed by atoms with Crippen LogP contribution in [0.15, 0.2) is 0 Å². The molecule has 0 aliphatic carbocycles. The van der Waals surface area contributed by atoms with Gasteiger partial charge in [0.05, 0.1) is 6.61 Å². The van der Waals surface area contributed by atoms with Crippen molar-refractivity contribution in [3.05, 3.63) is 0 Å². The van der Waals surface area contributed by atoms with Crippen LogP contribution in [-0.2, 0) is 4.74 Å². The highest BCUT2D eigenvalue weighted by Crippen LogP contribution is 2.03. The first kappa shape index (κ1) is 15.9. The van der Waals surface area contributed by atoms with Crippen LogP contribution >= 0.6 is 0 Å². The maximum atomic E-state index is 5.61. The standard InChI is InChI=1S/C14H31N3O/c1-2-3-13-18-14-12-17-10-8-16(9-11-17)7-5-4-6-15/h2-15H2,1H3. The lowest BCUT2D eigenvalue weighted by Crippen LogP contribution is -2.47. The molecule has 0 aromatic carbocycles. The summed E-state index contributed by atoms with van der Waals surface area (Å²) in [5.74, 6) is 0. The van der Waals surface area contributed by atoms with Crippen LogP contribution in [0, 0.1) is 0 Å². The molecular weight excluding hydrogens is 226 g/mol. The number of ether oxygens (including phenoxy) is 1. The second kappa shape index (κ2) is 10.7. The second-order valence-electron chi connectivity index (χ2n) is 5.14. The third-order valence-corrected chi connectivity index (χ3v) is 3.59. The van der Waals surface area contributed by atoms with Crippen LogP contribution in [0.25, 0.3) is 0 Å². The molecule has 1 fully saturated rings. The van der Waals surface area contributed by atoms with Crippen LogP contribution in [0.4, 0.5) is 0 Å². The Bertz CT molecular complexity index is 182. The molecule has 2 N–H and O–H groups in total. The number of nitrogens with two attached hydrogens (primary N) is 1. The molecule has 1 aliphatic heterocycles. The first-order valence-electron chi connectivity index (χ1n) is 7.59. The van der Waals surface area contributed by atoms with Crippen molar-refractivity contribution in [1.82, 2.24) is 9.80 Å². The summed E-state index contributed by atoms with van der Waals surface area (Å²) in [6.07, 6.45) is 4.82. The third kappa shape index (κ3) is 7.31. The molecule has 108 valence electrons. The first-order valence-corrected chi connectivity index (χ1v) is 7.59. The van der Waals surface area contributed by atoms with Crippen molar-refractivity contribution < 1.29 is 4.74 Å². The van der Waals surface area contributed by atoms with E-state index in [2.05, 4.69) is 16.7 Å². The Morgan fingerprint density at radius 2 is 1.56 bits per heavy atom. The highest BCUT2D eigenvalue weighted by Gasteiger charge is 2.15. The molecule has 0 unspecified atom stereocenters. The van der Waals surface area contributed by atoms with Gasteiger partial charge in [0.1, 0.15) is 0 Å². The molecule has 0 aromatic rings. The monoisotopic (exact) mass is 257 g/mol. The molecule has 1 rings (SSSR count). The molecule has 0 aromatic heterocycles. The van der Waals surface area contributed by atoms with E-state index in [4.69, 9.17) is 10.5 Å². The van der Waals surface area contributed by atoms with E-state index in [0.717, 1.165) is 32.7 Å². The Hall–Kier alpha value is -0.160. The molecule has 1 saturated heterocycles. The largest absolute Gasteiger partial charge is 0.380 e. The van der Waals surface area contributed by atoms with Crippen molar-refractivity contribution in [2.75, 3.05) is 59.0 Å². The van der Waals surface area contributed by atoms with Gasteiger partial charge in [-0.25, -0.2) is 0 Å². The Labute approximate surface area is 112 Å². The highest BCUT2D eigenvalue weighted by atomic mass is 16.5. The number of hydrogen-bond acceptors (Lipinski definition) is 4. The van der Waals surface area contributed by atoms with E-state index < -0.39 is 0 Å². The second-order valence-corrected chi connectivity index (χ2v) is 5.14. The Kier molecular flexibility index (Phi) is 9.48. The Morgan fingerprint density at radius 3 is 2.17 bits per heavy atom. The van der Waals surface area contributed by atoms with Crippen molar-refractivity contribution in [1.29, 1.82) is 0 Å². The maximum absolute atomic E-state index is 5.61.